The van der Waals surface area contributed by atoms with E-state index in [0.29, 0.717) is 12.0 Å². The van der Waals surface area contributed by atoms with E-state index in [1.54, 1.807) is 0 Å². The van der Waals surface area contributed by atoms with Crippen LogP contribution in [0.15, 0.2) is 24.3 Å². The summed E-state index contributed by atoms with van der Waals surface area (Å²) in [5.74, 6) is 0.662. The van der Waals surface area contributed by atoms with Gasteiger partial charge in [-0.1, -0.05) is 52.7 Å². The highest BCUT2D eigenvalue weighted by Crippen LogP contribution is 2.08. The molecule has 0 spiro atoms. The van der Waals surface area contributed by atoms with Crippen molar-refractivity contribution in [2.45, 2.75) is 33.4 Å². The molecule has 0 radical (unpaired) electrons. The molecular weight excluding hydrogens is 250 g/mol. The van der Waals surface area contributed by atoms with Crippen molar-refractivity contribution in [1.29, 1.82) is 0 Å². The van der Waals surface area contributed by atoms with Crippen LogP contribution < -0.4 is 5.32 Å². The van der Waals surface area contributed by atoms with Crippen LogP contribution in [0.1, 0.15) is 25.0 Å². The van der Waals surface area contributed by atoms with Gasteiger partial charge in [0.25, 0.3) is 0 Å². The summed E-state index contributed by atoms with van der Waals surface area (Å²) in [6.07, 6.45) is 0. The molecule has 0 fully saturated rings. The zero-order chi connectivity index (χ0) is 11.3. The first kappa shape index (κ1) is 12.7. The second kappa shape index (κ2) is 6.29. The van der Waals surface area contributed by atoms with E-state index in [1.165, 1.54) is 11.1 Å². The van der Waals surface area contributed by atoms with Gasteiger partial charge < -0.3 is 5.32 Å². The zero-order valence-corrected chi connectivity index (χ0v) is 11.3. The summed E-state index contributed by atoms with van der Waals surface area (Å²) >= 11 is 3.51. The monoisotopic (exact) mass is 269 g/mol. The minimum absolute atomic E-state index is 0.546. The summed E-state index contributed by atoms with van der Waals surface area (Å²) < 4.78 is 0. The highest BCUT2D eigenvalue weighted by atomic mass is 79.9. The van der Waals surface area contributed by atoms with Gasteiger partial charge in [-0.2, -0.15) is 0 Å². The molecule has 0 saturated carbocycles. The van der Waals surface area contributed by atoms with E-state index >= 15 is 0 Å². The van der Waals surface area contributed by atoms with E-state index in [2.05, 4.69) is 66.3 Å². The first-order valence-electron chi connectivity index (χ1n) is 5.48. The van der Waals surface area contributed by atoms with E-state index in [9.17, 15) is 0 Å². The van der Waals surface area contributed by atoms with E-state index in [-0.39, 0.29) is 0 Å². The smallest absolute Gasteiger partial charge is 0.0208 e. The lowest BCUT2D eigenvalue weighted by Gasteiger charge is -2.19. The van der Waals surface area contributed by atoms with Gasteiger partial charge in [0, 0.05) is 17.9 Å². The minimum atomic E-state index is 0.546. The van der Waals surface area contributed by atoms with Gasteiger partial charge in [-0.05, 0) is 25.3 Å². The Morgan fingerprint density at radius 1 is 1.33 bits per heavy atom. The first-order chi connectivity index (χ1) is 7.13. The third kappa shape index (κ3) is 4.35. The van der Waals surface area contributed by atoms with Crippen LogP contribution in [-0.2, 0) is 6.54 Å². The van der Waals surface area contributed by atoms with E-state index in [1.807, 2.05) is 0 Å². The van der Waals surface area contributed by atoms with Gasteiger partial charge in [-0.25, -0.2) is 0 Å². The van der Waals surface area contributed by atoms with Gasteiger partial charge in [0.1, 0.15) is 0 Å². The molecule has 1 aromatic rings. The molecule has 84 valence electrons. The average molecular weight is 270 g/mol. The third-order valence-corrected chi connectivity index (χ3v) is 3.83. The van der Waals surface area contributed by atoms with Crippen molar-refractivity contribution in [3.63, 3.8) is 0 Å². The van der Waals surface area contributed by atoms with E-state index < -0.39 is 0 Å². The first-order valence-corrected chi connectivity index (χ1v) is 6.60. The molecule has 0 aromatic heterocycles. The fraction of sp³-hybridized carbons (Fsp3) is 0.538. The molecule has 0 aliphatic rings. The maximum atomic E-state index is 3.55. The maximum Gasteiger partial charge on any atom is 0.0208 e. The van der Waals surface area contributed by atoms with Crippen molar-refractivity contribution in [1.82, 2.24) is 5.32 Å². The van der Waals surface area contributed by atoms with Gasteiger partial charge in [0.2, 0.25) is 0 Å². The summed E-state index contributed by atoms with van der Waals surface area (Å²) in [7, 11) is 0. The fourth-order valence-electron chi connectivity index (χ4n) is 1.44. The highest BCUT2D eigenvalue weighted by Gasteiger charge is 2.09. The molecule has 0 aliphatic carbocycles. The molecular formula is C13H20BrN. The van der Waals surface area contributed by atoms with E-state index in [0.717, 1.165) is 11.9 Å². The van der Waals surface area contributed by atoms with Crippen molar-refractivity contribution in [2.24, 2.45) is 5.92 Å². The largest absolute Gasteiger partial charge is 0.310 e. The number of hydrogen-bond acceptors (Lipinski definition) is 1. The van der Waals surface area contributed by atoms with Gasteiger partial charge >= 0.3 is 0 Å². The highest BCUT2D eigenvalue weighted by molar-refractivity contribution is 9.09. The van der Waals surface area contributed by atoms with Crippen LogP contribution >= 0.6 is 15.9 Å². The normalized spacial score (nSPS) is 14.9. The van der Waals surface area contributed by atoms with Crippen molar-refractivity contribution >= 4 is 15.9 Å². The van der Waals surface area contributed by atoms with Gasteiger partial charge in [0.15, 0.2) is 0 Å². The summed E-state index contributed by atoms with van der Waals surface area (Å²) in [5, 5.41) is 4.60. The number of hydrogen-bond donors (Lipinski definition) is 1. The van der Waals surface area contributed by atoms with Crippen molar-refractivity contribution in [3.8, 4) is 0 Å². The number of nitrogens with one attached hydrogen (secondary N) is 1. The molecule has 0 bridgehead atoms. The second-order valence-corrected chi connectivity index (χ2v) is 4.94. The molecule has 0 heterocycles. The molecule has 0 saturated heterocycles. The van der Waals surface area contributed by atoms with Gasteiger partial charge in [0.05, 0.1) is 0 Å². The topological polar surface area (TPSA) is 12.0 Å². The molecule has 0 aliphatic heterocycles. The van der Waals surface area contributed by atoms with Crippen LogP contribution in [-0.4, -0.2) is 11.4 Å². The Bertz CT molecular complexity index is 298. The number of benzene rings is 1. The summed E-state index contributed by atoms with van der Waals surface area (Å²) in [4.78, 5) is 0. The number of aryl methyl sites for hydroxylation is 1. The molecule has 2 unspecified atom stereocenters. The number of rotatable bonds is 5. The summed E-state index contributed by atoms with van der Waals surface area (Å²) in [5.41, 5.74) is 2.69. The van der Waals surface area contributed by atoms with Crippen LogP contribution in [0, 0.1) is 12.8 Å². The Kier molecular flexibility index (Phi) is 5.34. The Morgan fingerprint density at radius 3 is 2.67 bits per heavy atom. The van der Waals surface area contributed by atoms with Crippen LogP contribution in [0.5, 0.6) is 0 Å². The Morgan fingerprint density at radius 2 is 2.07 bits per heavy atom. The molecule has 2 heteroatoms. The zero-order valence-electron chi connectivity index (χ0n) is 9.76. The maximum absolute atomic E-state index is 3.55. The number of alkyl halides is 1. The third-order valence-electron chi connectivity index (χ3n) is 2.81. The molecule has 1 rings (SSSR count). The molecule has 1 N–H and O–H groups in total. The van der Waals surface area contributed by atoms with E-state index in [4.69, 9.17) is 0 Å². The van der Waals surface area contributed by atoms with Gasteiger partial charge in [-0.3, -0.25) is 0 Å². The molecule has 2 atom stereocenters. The Hall–Kier alpha value is -0.340. The quantitative estimate of drug-likeness (QED) is 0.807. The van der Waals surface area contributed by atoms with Crippen molar-refractivity contribution < 1.29 is 0 Å². The summed E-state index contributed by atoms with van der Waals surface area (Å²) in [6, 6.07) is 9.20. The summed E-state index contributed by atoms with van der Waals surface area (Å²) in [6.45, 7) is 7.58. The molecule has 15 heavy (non-hydrogen) atoms. The van der Waals surface area contributed by atoms with Crippen LogP contribution in [0.25, 0.3) is 0 Å². The Balaban J connectivity index is 2.43. The molecule has 0 amide bonds. The van der Waals surface area contributed by atoms with Crippen LogP contribution in [0.3, 0.4) is 0 Å². The van der Waals surface area contributed by atoms with Crippen LogP contribution in [0.4, 0.5) is 0 Å². The lowest BCUT2D eigenvalue weighted by Crippen LogP contribution is -2.32. The lowest BCUT2D eigenvalue weighted by molar-refractivity contribution is 0.433. The van der Waals surface area contributed by atoms with Crippen LogP contribution in [0.2, 0.25) is 0 Å². The Labute approximate surface area is 101 Å². The minimum Gasteiger partial charge on any atom is -0.310 e. The molecule has 1 nitrogen and oxygen atoms in total. The SMILES string of the molecule is Cc1cccc(CNC(C)C(C)CBr)c1. The van der Waals surface area contributed by atoms with Crippen molar-refractivity contribution in [2.75, 3.05) is 5.33 Å². The second-order valence-electron chi connectivity index (χ2n) is 4.29. The average Bonchev–Trinajstić information content (AvgIpc) is 2.25. The predicted octanol–water partition coefficient (Wildman–Crippen LogP) is 3.50. The lowest BCUT2D eigenvalue weighted by atomic mass is 10.1. The predicted molar refractivity (Wildman–Crippen MR) is 70.4 cm³/mol. The fourth-order valence-corrected chi connectivity index (χ4v) is 2.00. The van der Waals surface area contributed by atoms with Gasteiger partial charge in [-0.15, -0.1) is 0 Å². The molecule has 1 aromatic carbocycles. The van der Waals surface area contributed by atoms with Crippen molar-refractivity contribution in [3.05, 3.63) is 35.4 Å². The standard InChI is InChI=1S/C13H20BrN/c1-10-5-4-6-13(7-10)9-15-12(3)11(2)8-14/h4-7,11-12,15H,8-9H2,1-3H3. The number of halogens is 1.